The third-order valence-electron chi connectivity index (χ3n) is 3.39. The van der Waals surface area contributed by atoms with Crippen LogP contribution < -0.4 is 5.73 Å². The van der Waals surface area contributed by atoms with Gasteiger partial charge in [-0.15, -0.1) is 11.3 Å². The van der Waals surface area contributed by atoms with Gasteiger partial charge in [-0.2, -0.15) is 5.10 Å². The molecular weight excluding hydrogens is 242 g/mol. The Morgan fingerprint density at radius 3 is 2.67 bits per heavy atom. The lowest BCUT2D eigenvalue weighted by Gasteiger charge is -1.97. The Morgan fingerprint density at radius 2 is 2.00 bits per heavy atom. The second-order valence-corrected chi connectivity index (χ2v) is 5.83. The monoisotopic (exact) mass is 257 g/mol. The highest BCUT2D eigenvalue weighted by Gasteiger charge is 2.09. The van der Waals surface area contributed by atoms with Crippen LogP contribution in [-0.2, 0) is 7.05 Å². The zero-order valence-electron chi connectivity index (χ0n) is 10.7. The molecule has 0 amide bonds. The van der Waals surface area contributed by atoms with Crippen molar-refractivity contribution in [3.05, 3.63) is 34.7 Å². The lowest BCUT2D eigenvalue weighted by Crippen LogP contribution is -1.96. The Balaban J connectivity index is 2.19. The number of nitrogens with two attached hydrogens (primary N) is 1. The van der Waals surface area contributed by atoms with Crippen LogP contribution in [0.25, 0.3) is 21.3 Å². The fourth-order valence-electron chi connectivity index (χ4n) is 2.13. The van der Waals surface area contributed by atoms with Gasteiger partial charge < -0.3 is 5.73 Å². The molecule has 0 fully saturated rings. The van der Waals surface area contributed by atoms with E-state index in [1.54, 1.807) is 4.68 Å². The second kappa shape index (κ2) is 3.85. The van der Waals surface area contributed by atoms with Crippen LogP contribution in [0.15, 0.2) is 24.3 Å². The number of rotatable bonds is 1. The maximum absolute atomic E-state index is 5.82. The van der Waals surface area contributed by atoms with Crippen LogP contribution in [0, 0.1) is 13.8 Å². The molecule has 0 radical (unpaired) electrons. The Bertz CT molecular complexity index is 717. The number of anilines is 1. The SMILES string of the molecule is Cc1sc2cc(-c3cc(N)n(C)n3)ccc2c1C. The van der Waals surface area contributed by atoms with E-state index in [4.69, 9.17) is 5.73 Å². The van der Waals surface area contributed by atoms with Crippen molar-refractivity contribution in [2.24, 2.45) is 7.05 Å². The summed E-state index contributed by atoms with van der Waals surface area (Å²) in [4.78, 5) is 1.38. The highest BCUT2D eigenvalue weighted by atomic mass is 32.1. The van der Waals surface area contributed by atoms with Gasteiger partial charge >= 0.3 is 0 Å². The first kappa shape index (κ1) is 11.3. The van der Waals surface area contributed by atoms with Crippen molar-refractivity contribution in [1.29, 1.82) is 0 Å². The van der Waals surface area contributed by atoms with Crippen molar-refractivity contribution in [3.63, 3.8) is 0 Å². The summed E-state index contributed by atoms with van der Waals surface area (Å²) in [5.41, 5.74) is 9.25. The van der Waals surface area contributed by atoms with E-state index in [2.05, 4.69) is 37.1 Å². The van der Waals surface area contributed by atoms with Gasteiger partial charge in [0.2, 0.25) is 0 Å². The lowest BCUT2D eigenvalue weighted by molar-refractivity contribution is 0.782. The molecule has 92 valence electrons. The van der Waals surface area contributed by atoms with Gasteiger partial charge in [-0.1, -0.05) is 12.1 Å². The van der Waals surface area contributed by atoms with E-state index in [9.17, 15) is 0 Å². The molecular formula is C14H15N3S. The highest BCUT2D eigenvalue weighted by Crippen LogP contribution is 2.33. The molecule has 0 spiro atoms. The molecule has 2 aromatic heterocycles. The van der Waals surface area contributed by atoms with Crippen LogP contribution in [0.2, 0.25) is 0 Å². The summed E-state index contributed by atoms with van der Waals surface area (Å²) in [5.74, 6) is 0.684. The molecule has 3 rings (SSSR count). The van der Waals surface area contributed by atoms with Crippen LogP contribution in [0.4, 0.5) is 5.82 Å². The van der Waals surface area contributed by atoms with E-state index in [0.29, 0.717) is 5.82 Å². The van der Waals surface area contributed by atoms with Crippen LogP contribution in [0.3, 0.4) is 0 Å². The largest absolute Gasteiger partial charge is 0.384 e. The van der Waals surface area contributed by atoms with E-state index in [1.165, 1.54) is 20.5 Å². The molecule has 0 bridgehead atoms. The summed E-state index contributed by atoms with van der Waals surface area (Å²) in [6.45, 7) is 4.34. The fourth-order valence-corrected chi connectivity index (χ4v) is 3.24. The first-order valence-electron chi connectivity index (χ1n) is 5.86. The topological polar surface area (TPSA) is 43.8 Å². The number of benzene rings is 1. The van der Waals surface area contributed by atoms with E-state index >= 15 is 0 Å². The molecule has 0 unspecified atom stereocenters. The third kappa shape index (κ3) is 1.61. The summed E-state index contributed by atoms with van der Waals surface area (Å²) < 4.78 is 3.01. The zero-order chi connectivity index (χ0) is 12.9. The van der Waals surface area contributed by atoms with Gasteiger partial charge in [0.05, 0.1) is 5.69 Å². The van der Waals surface area contributed by atoms with Crippen LogP contribution in [0.1, 0.15) is 10.4 Å². The van der Waals surface area contributed by atoms with Crippen molar-refractivity contribution >= 4 is 27.2 Å². The van der Waals surface area contributed by atoms with Crippen molar-refractivity contribution in [2.75, 3.05) is 5.73 Å². The lowest BCUT2D eigenvalue weighted by atomic mass is 10.1. The molecule has 0 atom stereocenters. The van der Waals surface area contributed by atoms with Crippen LogP contribution in [0.5, 0.6) is 0 Å². The number of aromatic nitrogens is 2. The van der Waals surface area contributed by atoms with Crippen LogP contribution in [-0.4, -0.2) is 9.78 Å². The number of nitrogen functional groups attached to an aromatic ring is 1. The van der Waals surface area contributed by atoms with E-state index < -0.39 is 0 Å². The molecule has 3 nitrogen and oxygen atoms in total. The minimum absolute atomic E-state index is 0.684. The van der Waals surface area contributed by atoms with Gasteiger partial charge in [0.25, 0.3) is 0 Å². The summed E-state index contributed by atoms with van der Waals surface area (Å²) >= 11 is 1.83. The summed E-state index contributed by atoms with van der Waals surface area (Å²) in [6, 6.07) is 8.40. The smallest absolute Gasteiger partial charge is 0.121 e. The van der Waals surface area contributed by atoms with Crippen molar-refractivity contribution < 1.29 is 0 Å². The Morgan fingerprint density at radius 1 is 1.22 bits per heavy atom. The maximum Gasteiger partial charge on any atom is 0.121 e. The van der Waals surface area contributed by atoms with Gasteiger partial charge in [-0.3, -0.25) is 4.68 Å². The molecule has 0 aliphatic heterocycles. The third-order valence-corrected chi connectivity index (χ3v) is 4.56. The summed E-state index contributed by atoms with van der Waals surface area (Å²) in [5, 5.41) is 5.75. The zero-order valence-corrected chi connectivity index (χ0v) is 11.5. The minimum Gasteiger partial charge on any atom is -0.384 e. The average molecular weight is 257 g/mol. The number of fused-ring (bicyclic) bond motifs is 1. The van der Waals surface area contributed by atoms with Gasteiger partial charge in [-0.05, 0) is 30.9 Å². The van der Waals surface area contributed by atoms with Crippen molar-refractivity contribution in [1.82, 2.24) is 9.78 Å². The van der Waals surface area contributed by atoms with Crippen LogP contribution >= 0.6 is 11.3 Å². The molecule has 3 aromatic rings. The fraction of sp³-hybridized carbons (Fsp3) is 0.214. The number of hydrogen-bond acceptors (Lipinski definition) is 3. The predicted octanol–water partition coefficient (Wildman–Crippen LogP) is 3.50. The Labute approximate surface area is 110 Å². The standard InChI is InChI=1S/C14H15N3S/c1-8-9(2)18-13-6-10(4-5-11(8)13)12-7-14(15)17(3)16-12/h4-7H,15H2,1-3H3. The Kier molecular flexibility index (Phi) is 2.41. The van der Waals surface area contributed by atoms with Gasteiger partial charge in [0.1, 0.15) is 5.82 Å². The van der Waals surface area contributed by atoms with Crippen molar-refractivity contribution in [2.45, 2.75) is 13.8 Å². The quantitative estimate of drug-likeness (QED) is 0.725. The molecule has 0 aliphatic rings. The predicted molar refractivity (Wildman–Crippen MR) is 77.9 cm³/mol. The number of aryl methyl sites for hydroxylation is 3. The maximum atomic E-state index is 5.82. The Hall–Kier alpha value is -1.81. The van der Waals surface area contributed by atoms with E-state index in [-0.39, 0.29) is 0 Å². The second-order valence-electron chi connectivity index (χ2n) is 4.57. The molecule has 1 aromatic carbocycles. The molecule has 4 heteroatoms. The first-order valence-corrected chi connectivity index (χ1v) is 6.67. The van der Waals surface area contributed by atoms with E-state index in [0.717, 1.165) is 11.3 Å². The van der Waals surface area contributed by atoms with Gasteiger partial charge in [0.15, 0.2) is 0 Å². The number of nitrogens with zero attached hydrogens (tertiary/aromatic N) is 2. The normalized spacial score (nSPS) is 11.3. The number of thiophene rings is 1. The van der Waals surface area contributed by atoms with Crippen molar-refractivity contribution in [3.8, 4) is 11.3 Å². The average Bonchev–Trinajstić information content (AvgIpc) is 2.81. The summed E-state index contributed by atoms with van der Waals surface area (Å²) in [7, 11) is 1.86. The van der Waals surface area contributed by atoms with Gasteiger partial charge in [0, 0.05) is 28.3 Å². The van der Waals surface area contributed by atoms with Gasteiger partial charge in [-0.25, -0.2) is 0 Å². The molecule has 0 saturated carbocycles. The molecule has 2 heterocycles. The minimum atomic E-state index is 0.684. The summed E-state index contributed by atoms with van der Waals surface area (Å²) in [6.07, 6.45) is 0. The first-order chi connectivity index (χ1) is 8.56. The van der Waals surface area contributed by atoms with E-state index in [1.807, 2.05) is 24.5 Å². The molecule has 18 heavy (non-hydrogen) atoms. The molecule has 2 N–H and O–H groups in total. The number of hydrogen-bond donors (Lipinski definition) is 1. The highest BCUT2D eigenvalue weighted by molar-refractivity contribution is 7.19. The molecule has 0 saturated heterocycles. The molecule has 0 aliphatic carbocycles.